The molecular weight excluding hydrogens is 456 g/mol. The zero-order chi connectivity index (χ0) is 22.5. The van der Waals surface area contributed by atoms with Gasteiger partial charge in [-0.3, -0.25) is 4.90 Å². The number of hydrogen-bond donors (Lipinski definition) is 0. The molecule has 0 bridgehead atoms. The fraction of sp³-hybridized carbons (Fsp3) is 0.478. The van der Waals surface area contributed by atoms with Crippen LogP contribution in [0.1, 0.15) is 31.5 Å². The minimum absolute atomic E-state index is 0.539. The summed E-state index contributed by atoms with van der Waals surface area (Å²) in [4.78, 5) is 16.3. The highest BCUT2D eigenvalue weighted by atomic mass is 32.1. The van der Waals surface area contributed by atoms with Crippen LogP contribution in [-0.2, 0) is 12.8 Å². The maximum Gasteiger partial charge on any atom is 0.227 e. The molecule has 0 N–H and O–H groups in total. The van der Waals surface area contributed by atoms with E-state index in [1.165, 1.54) is 0 Å². The zero-order valence-electron chi connectivity index (χ0n) is 18.7. The van der Waals surface area contributed by atoms with Gasteiger partial charge in [-0.1, -0.05) is 22.4 Å². The Morgan fingerprint density at radius 1 is 0.879 bits per heavy atom. The highest BCUT2D eigenvalue weighted by Gasteiger charge is 2.23. The minimum Gasteiger partial charge on any atom is -0.339 e. The van der Waals surface area contributed by atoms with E-state index in [9.17, 15) is 0 Å². The van der Waals surface area contributed by atoms with Gasteiger partial charge in [0.25, 0.3) is 0 Å². The Hall–Kier alpha value is -2.40. The van der Waals surface area contributed by atoms with Gasteiger partial charge in [-0.15, -0.1) is 22.7 Å². The van der Waals surface area contributed by atoms with Crippen LogP contribution in [-0.4, -0.2) is 68.8 Å². The molecular formula is C23H28N6O2S2. The summed E-state index contributed by atoms with van der Waals surface area (Å²) in [7, 11) is 0. The zero-order valence-corrected chi connectivity index (χ0v) is 20.4. The molecule has 1 unspecified atom stereocenters. The lowest BCUT2D eigenvalue weighted by Crippen LogP contribution is -2.52. The molecule has 1 aliphatic rings. The highest BCUT2D eigenvalue weighted by molar-refractivity contribution is 7.13. The molecule has 5 rings (SSSR count). The number of hydrogen-bond acceptors (Lipinski definition) is 10. The van der Waals surface area contributed by atoms with E-state index < -0.39 is 0 Å². The fourth-order valence-electron chi connectivity index (χ4n) is 4.22. The van der Waals surface area contributed by atoms with Gasteiger partial charge in [-0.2, -0.15) is 9.97 Å². The van der Waals surface area contributed by atoms with Crippen molar-refractivity contribution in [3.8, 4) is 21.4 Å². The second-order valence-corrected chi connectivity index (χ2v) is 10.3. The Kier molecular flexibility index (Phi) is 7.25. The van der Waals surface area contributed by atoms with Crippen molar-refractivity contribution in [2.45, 2.75) is 38.6 Å². The molecule has 0 spiro atoms. The van der Waals surface area contributed by atoms with Crippen LogP contribution in [0.25, 0.3) is 21.4 Å². The fourth-order valence-corrected chi connectivity index (χ4v) is 5.52. The summed E-state index contributed by atoms with van der Waals surface area (Å²) in [5, 5.41) is 12.3. The van der Waals surface area contributed by atoms with Gasteiger partial charge in [0, 0.05) is 38.5 Å². The van der Waals surface area contributed by atoms with Gasteiger partial charge in [0.15, 0.2) is 0 Å². The molecule has 8 nitrogen and oxygen atoms in total. The van der Waals surface area contributed by atoms with Crippen molar-refractivity contribution in [1.29, 1.82) is 0 Å². The third-order valence-electron chi connectivity index (χ3n) is 5.97. The summed E-state index contributed by atoms with van der Waals surface area (Å²) in [6.45, 7) is 7.71. The topological polar surface area (TPSA) is 84.3 Å². The largest absolute Gasteiger partial charge is 0.339 e. The molecule has 0 amide bonds. The monoisotopic (exact) mass is 484 g/mol. The molecule has 1 atom stereocenters. The number of aromatic nitrogens is 4. The Labute approximate surface area is 201 Å². The molecule has 4 aromatic rings. The van der Waals surface area contributed by atoms with Gasteiger partial charge >= 0.3 is 0 Å². The van der Waals surface area contributed by atoms with Gasteiger partial charge in [0.1, 0.15) is 0 Å². The SMILES string of the molecule is CC1CN(CCCc2nc(-c3cccs3)no2)CCN1CCCc1nc(-c2cccs2)no1. The molecule has 0 saturated carbocycles. The summed E-state index contributed by atoms with van der Waals surface area (Å²) in [5.41, 5.74) is 0. The normalized spacial score (nSPS) is 17.7. The summed E-state index contributed by atoms with van der Waals surface area (Å²) in [6, 6.07) is 8.58. The van der Waals surface area contributed by atoms with Gasteiger partial charge in [0.2, 0.25) is 23.4 Å². The first-order valence-corrected chi connectivity index (χ1v) is 13.2. The Morgan fingerprint density at radius 3 is 2.03 bits per heavy atom. The second-order valence-electron chi connectivity index (χ2n) is 8.37. The van der Waals surface area contributed by atoms with E-state index >= 15 is 0 Å². The van der Waals surface area contributed by atoms with Crippen molar-refractivity contribution in [2.75, 3.05) is 32.7 Å². The highest BCUT2D eigenvalue weighted by Crippen LogP contribution is 2.23. The molecule has 1 aliphatic heterocycles. The molecule has 0 radical (unpaired) electrons. The van der Waals surface area contributed by atoms with Crippen molar-refractivity contribution in [1.82, 2.24) is 30.1 Å². The van der Waals surface area contributed by atoms with E-state index in [2.05, 4.69) is 37.0 Å². The molecule has 1 saturated heterocycles. The van der Waals surface area contributed by atoms with Gasteiger partial charge in [-0.25, -0.2) is 0 Å². The van der Waals surface area contributed by atoms with Crippen molar-refractivity contribution in [2.24, 2.45) is 0 Å². The third kappa shape index (κ3) is 5.75. The van der Waals surface area contributed by atoms with Crippen molar-refractivity contribution >= 4 is 22.7 Å². The summed E-state index contributed by atoms with van der Waals surface area (Å²) < 4.78 is 10.8. The van der Waals surface area contributed by atoms with Crippen molar-refractivity contribution < 1.29 is 9.05 Å². The van der Waals surface area contributed by atoms with E-state index in [0.717, 1.165) is 79.9 Å². The summed E-state index contributed by atoms with van der Waals surface area (Å²) in [5.74, 6) is 2.86. The Bertz CT molecular complexity index is 1110. The summed E-state index contributed by atoms with van der Waals surface area (Å²) >= 11 is 3.26. The lowest BCUT2D eigenvalue weighted by Gasteiger charge is -2.39. The number of aryl methyl sites for hydroxylation is 2. The second kappa shape index (κ2) is 10.7. The van der Waals surface area contributed by atoms with E-state index in [1.54, 1.807) is 22.7 Å². The first kappa shape index (κ1) is 22.4. The van der Waals surface area contributed by atoms with Gasteiger partial charge in [0.05, 0.1) is 9.75 Å². The van der Waals surface area contributed by atoms with Crippen molar-refractivity contribution in [3.05, 3.63) is 46.8 Å². The van der Waals surface area contributed by atoms with E-state index in [0.29, 0.717) is 17.7 Å². The van der Waals surface area contributed by atoms with Crippen LogP contribution >= 0.6 is 22.7 Å². The number of thiophene rings is 2. The molecule has 5 heterocycles. The van der Waals surface area contributed by atoms with E-state index in [4.69, 9.17) is 9.05 Å². The molecule has 33 heavy (non-hydrogen) atoms. The third-order valence-corrected chi connectivity index (χ3v) is 7.70. The smallest absolute Gasteiger partial charge is 0.227 e. The molecule has 0 aliphatic carbocycles. The van der Waals surface area contributed by atoms with Crippen LogP contribution in [0.5, 0.6) is 0 Å². The number of nitrogens with zero attached hydrogens (tertiary/aromatic N) is 6. The van der Waals surface area contributed by atoms with Crippen LogP contribution in [0.2, 0.25) is 0 Å². The van der Waals surface area contributed by atoms with Crippen LogP contribution in [0.4, 0.5) is 0 Å². The van der Waals surface area contributed by atoms with Crippen LogP contribution < -0.4 is 0 Å². The Morgan fingerprint density at radius 2 is 1.48 bits per heavy atom. The molecule has 1 fully saturated rings. The van der Waals surface area contributed by atoms with Crippen LogP contribution in [0.15, 0.2) is 44.1 Å². The predicted octanol–water partition coefficient (Wildman–Crippen LogP) is 4.48. The van der Waals surface area contributed by atoms with E-state index in [1.807, 2.05) is 35.0 Å². The molecule has 10 heteroatoms. The maximum absolute atomic E-state index is 5.43. The van der Waals surface area contributed by atoms with E-state index in [-0.39, 0.29) is 0 Å². The molecule has 174 valence electrons. The number of rotatable bonds is 10. The molecule has 4 aromatic heterocycles. The Balaban J connectivity index is 1.00. The van der Waals surface area contributed by atoms with Crippen molar-refractivity contribution in [3.63, 3.8) is 0 Å². The maximum atomic E-state index is 5.43. The van der Waals surface area contributed by atoms with Crippen LogP contribution in [0, 0.1) is 0 Å². The predicted molar refractivity (Wildman–Crippen MR) is 129 cm³/mol. The molecule has 0 aromatic carbocycles. The van der Waals surface area contributed by atoms with Crippen LogP contribution in [0.3, 0.4) is 0 Å². The average Bonchev–Trinajstić information content (AvgIpc) is 3.62. The van der Waals surface area contributed by atoms with Gasteiger partial charge in [-0.05, 0) is 55.7 Å². The summed E-state index contributed by atoms with van der Waals surface area (Å²) in [6.07, 6.45) is 3.70. The lowest BCUT2D eigenvalue weighted by molar-refractivity contribution is 0.0812. The van der Waals surface area contributed by atoms with Gasteiger partial charge < -0.3 is 13.9 Å². The quantitative estimate of drug-likeness (QED) is 0.326. The number of piperazine rings is 1. The average molecular weight is 485 g/mol. The first-order valence-electron chi connectivity index (χ1n) is 11.4. The minimum atomic E-state index is 0.539. The first-order chi connectivity index (χ1) is 16.2. The lowest BCUT2D eigenvalue weighted by atomic mass is 10.1. The standard InChI is InChI=1S/C23H28N6O2S2/c1-17-16-28(10-2-8-20-24-22(26-30-20)18-6-4-14-32-18)12-13-29(17)11-3-9-21-25-23(27-31-21)19-7-5-15-33-19/h4-7,14-15,17H,2-3,8-13,16H2,1H3.